The number of ketones is 1. The van der Waals surface area contributed by atoms with Crippen LogP contribution in [0.5, 0.6) is 11.5 Å². The zero-order valence-corrected chi connectivity index (χ0v) is 16.8. The molecule has 31 heavy (non-hydrogen) atoms. The molecule has 156 valence electrons. The van der Waals surface area contributed by atoms with Crippen LogP contribution in [0.1, 0.15) is 24.2 Å². The molecule has 1 aromatic heterocycles. The number of hydrogen-bond donors (Lipinski definition) is 1. The summed E-state index contributed by atoms with van der Waals surface area (Å²) in [5, 5.41) is 10.9. The summed E-state index contributed by atoms with van der Waals surface area (Å²) in [4.78, 5) is 30.3. The van der Waals surface area contributed by atoms with Crippen LogP contribution in [-0.4, -0.2) is 20.7 Å². The molecular weight excluding hydrogens is 394 g/mol. The number of fused-ring (bicyclic) bond motifs is 1. The molecule has 0 fully saturated rings. The number of nitrogens with zero attached hydrogens (tertiary/aromatic N) is 2. The van der Waals surface area contributed by atoms with E-state index in [0.29, 0.717) is 36.7 Å². The molecular formula is C24H21N3O4. The molecule has 0 amide bonds. The zero-order chi connectivity index (χ0) is 21.6. The van der Waals surface area contributed by atoms with Gasteiger partial charge in [0.1, 0.15) is 23.1 Å². The van der Waals surface area contributed by atoms with Gasteiger partial charge in [-0.3, -0.25) is 14.9 Å². The van der Waals surface area contributed by atoms with Crippen molar-refractivity contribution in [3.8, 4) is 11.5 Å². The second-order valence-corrected chi connectivity index (χ2v) is 7.27. The van der Waals surface area contributed by atoms with Crippen LogP contribution >= 0.6 is 0 Å². The second-order valence-electron chi connectivity index (χ2n) is 7.27. The Morgan fingerprint density at radius 1 is 1.00 bits per heavy atom. The van der Waals surface area contributed by atoms with Crippen molar-refractivity contribution in [2.75, 3.05) is 0 Å². The van der Waals surface area contributed by atoms with Gasteiger partial charge >= 0.3 is 0 Å². The molecule has 3 aromatic carbocycles. The molecule has 0 saturated carbocycles. The number of para-hydroxylation sites is 1. The Kier molecular flexibility index (Phi) is 6.03. The van der Waals surface area contributed by atoms with Gasteiger partial charge in [0.25, 0.3) is 5.69 Å². The second kappa shape index (κ2) is 9.21. The normalized spacial score (nSPS) is 10.8. The first-order valence-corrected chi connectivity index (χ1v) is 10.0. The van der Waals surface area contributed by atoms with Crippen molar-refractivity contribution in [2.45, 2.75) is 25.7 Å². The third-order valence-corrected chi connectivity index (χ3v) is 4.90. The number of rotatable bonds is 9. The number of nitro groups is 1. The van der Waals surface area contributed by atoms with Crippen molar-refractivity contribution >= 4 is 22.5 Å². The summed E-state index contributed by atoms with van der Waals surface area (Å²) < 4.78 is 5.76. The first kappa shape index (κ1) is 20.3. The van der Waals surface area contributed by atoms with Gasteiger partial charge in [-0.2, -0.15) is 0 Å². The van der Waals surface area contributed by atoms with E-state index in [4.69, 9.17) is 4.74 Å². The fraction of sp³-hybridized carbons (Fsp3) is 0.167. The van der Waals surface area contributed by atoms with E-state index in [9.17, 15) is 14.9 Å². The molecule has 0 spiro atoms. The lowest BCUT2D eigenvalue weighted by Gasteiger charge is -2.06. The Labute approximate surface area is 178 Å². The SMILES string of the molecule is O=C(CCCc1nc2ccc([N+](=O)[O-])cc2[nH]1)Cc1ccc(Oc2ccccc2)cc1. The summed E-state index contributed by atoms with van der Waals surface area (Å²) in [5.41, 5.74) is 2.29. The van der Waals surface area contributed by atoms with Gasteiger partial charge in [-0.25, -0.2) is 4.98 Å². The third-order valence-electron chi connectivity index (χ3n) is 4.90. The Bertz CT molecular complexity index is 1200. The number of nitrogens with one attached hydrogen (secondary N) is 1. The average molecular weight is 415 g/mol. The highest BCUT2D eigenvalue weighted by Crippen LogP contribution is 2.22. The molecule has 1 heterocycles. The predicted octanol–water partition coefficient (Wildman–Crippen LogP) is 5.40. The maximum Gasteiger partial charge on any atom is 0.271 e. The highest BCUT2D eigenvalue weighted by molar-refractivity contribution is 5.81. The van der Waals surface area contributed by atoms with Crippen molar-refractivity contribution in [2.24, 2.45) is 0 Å². The topological polar surface area (TPSA) is 98.1 Å². The summed E-state index contributed by atoms with van der Waals surface area (Å²) in [6, 6.07) is 21.6. The molecule has 0 aliphatic carbocycles. The van der Waals surface area contributed by atoms with E-state index < -0.39 is 4.92 Å². The number of carbonyl (C=O) groups is 1. The molecule has 0 aliphatic heterocycles. The summed E-state index contributed by atoms with van der Waals surface area (Å²) in [6.07, 6.45) is 2.09. The molecule has 4 rings (SSSR count). The van der Waals surface area contributed by atoms with Crippen LogP contribution in [0.4, 0.5) is 5.69 Å². The lowest BCUT2D eigenvalue weighted by atomic mass is 10.0. The number of imidazole rings is 1. The number of H-pyrrole nitrogens is 1. The fourth-order valence-electron chi connectivity index (χ4n) is 3.35. The van der Waals surface area contributed by atoms with Crippen molar-refractivity contribution in [3.05, 3.63) is 94.3 Å². The van der Waals surface area contributed by atoms with Crippen molar-refractivity contribution in [3.63, 3.8) is 0 Å². The van der Waals surface area contributed by atoms with Crippen LogP contribution in [0.15, 0.2) is 72.8 Å². The largest absolute Gasteiger partial charge is 0.457 e. The highest BCUT2D eigenvalue weighted by Gasteiger charge is 2.10. The number of ether oxygens (including phenoxy) is 1. The molecule has 0 bridgehead atoms. The summed E-state index contributed by atoms with van der Waals surface area (Å²) in [6.45, 7) is 0. The zero-order valence-electron chi connectivity index (χ0n) is 16.8. The molecule has 7 nitrogen and oxygen atoms in total. The van der Waals surface area contributed by atoms with Gasteiger partial charge in [-0.05, 0) is 42.3 Å². The number of aryl methyl sites for hydroxylation is 1. The van der Waals surface area contributed by atoms with Gasteiger partial charge in [-0.1, -0.05) is 30.3 Å². The van der Waals surface area contributed by atoms with Gasteiger partial charge in [-0.15, -0.1) is 0 Å². The van der Waals surface area contributed by atoms with Gasteiger partial charge < -0.3 is 9.72 Å². The van der Waals surface area contributed by atoms with Gasteiger partial charge in [0.15, 0.2) is 0 Å². The van der Waals surface area contributed by atoms with Gasteiger partial charge in [0.2, 0.25) is 0 Å². The van der Waals surface area contributed by atoms with Gasteiger partial charge in [0, 0.05) is 31.4 Å². The Morgan fingerprint density at radius 3 is 2.48 bits per heavy atom. The Hall–Kier alpha value is -4.00. The number of nitro benzene ring substituents is 1. The first-order chi connectivity index (χ1) is 15.1. The number of aromatic amines is 1. The van der Waals surface area contributed by atoms with Crippen molar-refractivity contribution in [1.82, 2.24) is 9.97 Å². The third kappa shape index (κ3) is 5.33. The van der Waals surface area contributed by atoms with Crippen molar-refractivity contribution < 1.29 is 14.5 Å². The minimum Gasteiger partial charge on any atom is -0.457 e. The molecule has 0 atom stereocenters. The highest BCUT2D eigenvalue weighted by atomic mass is 16.6. The number of carbonyl (C=O) groups excluding carboxylic acids is 1. The number of non-ortho nitro benzene ring substituents is 1. The molecule has 0 aliphatic rings. The van der Waals surface area contributed by atoms with Crippen LogP contribution in [0, 0.1) is 10.1 Å². The van der Waals surface area contributed by atoms with E-state index >= 15 is 0 Å². The maximum atomic E-state index is 12.3. The smallest absolute Gasteiger partial charge is 0.271 e. The first-order valence-electron chi connectivity index (χ1n) is 10.0. The van der Waals surface area contributed by atoms with E-state index in [0.717, 1.165) is 22.9 Å². The van der Waals surface area contributed by atoms with Crippen molar-refractivity contribution in [1.29, 1.82) is 0 Å². The van der Waals surface area contributed by atoms with Crippen LogP contribution in [0.25, 0.3) is 11.0 Å². The average Bonchev–Trinajstić information content (AvgIpc) is 3.18. The quantitative estimate of drug-likeness (QED) is 0.292. The van der Waals surface area contributed by atoms with Crippen LogP contribution < -0.4 is 4.74 Å². The van der Waals surface area contributed by atoms with E-state index in [1.54, 1.807) is 6.07 Å². The fourth-order valence-corrected chi connectivity index (χ4v) is 3.35. The van der Waals surface area contributed by atoms with Crippen LogP contribution in [0.3, 0.4) is 0 Å². The molecule has 0 unspecified atom stereocenters. The molecule has 0 saturated heterocycles. The molecule has 7 heteroatoms. The number of aromatic nitrogens is 2. The minimum atomic E-state index is -0.432. The lowest BCUT2D eigenvalue weighted by Crippen LogP contribution is -2.03. The lowest BCUT2D eigenvalue weighted by molar-refractivity contribution is -0.384. The number of Topliss-reactive ketones (excluding diaryl/α,β-unsaturated/α-hetero) is 1. The molecule has 4 aromatic rings. The van der Waals surface area contributed by atoms with E-state index in [2.05, 4.69) is 9.97 Å². The van der Waals surface area contributed by atoms with Crippen LogP contribution in [-0.2, 0) is 17.6 Å². The minimum absolute atomic E-state index is 0.0260. The van der Waals surface area contributed by atoms with E-state index in [1.807, 2.05) is 54.6 Å². The Balaban J connectivity index is 1.26. The van der Waals surface area contributed by atoms with Gasteiger partial charge in [0.05, 0.1) is 16.0 Å². The van der Waals surface area contributed by atoms with Crippen LogP contribution in [0.2, 0.25) is 0 Å². The molecule has 0 radical (unpaired) electrons. The predicted molar refractivity (Wildman–Crippen MR) is 117 cm³/mol. The maximum absolute atomic E-state index is 12.3. The monoisotopic (exact) mass is 415 g/mol. The number of benzene rings is 3. The Morgan fingerprint density at radius 2 is 1.74 bits per heavy atom. The number of hydrogen-bond acceptors (Lipinski definition) is 5. The van der Waals surface area contributed by atoms with E-state index in [1.165, 1.54) is 12.1 Å². The standard InChI is InChI=1S/C24H21N3O4/c28-19(15-17-9-12-21(13-10-17)31-20-6-2-1-3-7-20)5-4-8-24-25-22-14-11-18(27(29)30)16-23(22)26-24/h1-3,6-7,9-14,16H,4-5,8,15H2,(H,25,26). The summed E-state index contributed by atoms with van der Waals surface area (Å²) in [7, 11) is 0. The summed E-state index contributed by atoms with van der Waals surface area (Å²) >= 11 is 0. The summed E-state index contributed by atoms with van der Waals surface area (Å²) in [5.74, 6) is 2.38. The molecule has 1 N–H and O–H groups in total. The van der Waals surface area contributed by atoms with E-state index in [-0.39, 0.29) is 11.5 Å².